The third-order valence-electron chi connectivity index (χ3n) is 3.54. The normalized spacial score (nSPS) is 12.1. The molecule has 1 heterocycles. The van der Waals surface area contributed by atoms with Crippen LogP contribution in [0.3, 0.4) is 0 Å². The van der Waals surface area contributed by atoms with Crippen LogP contribution in [-0.2, 0) is 20.0 Å². The summed E-state index contributed by atoms with van der Waals surface area (Å²) in [5.74, 6) is 0. The molecule has 1 unspecified atom stereocenters. The van der Waals surface area contributed by atoms with Gasteiger partial charge in [-0.2, -0.15) is 5.26 Å². The molecule has 0 spiro atoms. The first-order valence-corrected chi connectivity index (χ1v) is 7.01. The molecule has 3 nitrogen and oxygen atoms in total. The van der Waals surface area contributed by atoms with Crippen molar-refractivity contribution < 1.29 is 0 Å². The summed E-state index contributed by atoms with van der Waals surface area (Å²) in [4.78, 5) is 0. The second kappa shape index (κ2) is 6.93. The maximum Gasteiger partial charge on any atom is 0.120 e. The highest BCUT2D eigenvalue weighted by molar-refractivity contribution is 5.28. The van der Waals surface area contributed by atoms with E-state index in [1.165, 1.54) is 5.56 Å². The molecule has 2 rings (SSSR count). The van der Waals surface area contributed by atoms with Crippen LogP contribution in [0.4, 0.5) is 0 Å². The average molecular weight is 267 g/mol. The van der Waals surface area contributed by atoms with E-state index in [-0.39, 0.29) is 0 Å². The molecule has 1 aromatic carbocycles. The summed E-state index contributed by atoms with van der Waals surface area (Å²) >= 11 is 0. The van der Waals surface area contributed by atoms with Crippen molar-refractivity contribution in [1.29, 1.82) is 5.26 Å². The molecule has 0 amide bonds. The number of benzene rings is 1. The monoisotopic (exact) mass is 267 g/mol. The number of nitriles is 1. The zero-order chi connectivity index (χ0) is 14.4. The van der Waals surface area contributed by atoms with Crippen LogP contribution in [0.1, 0.15) is 30.2 Å². The third kappa shape index (κ3) is 3.97. The Balaban J connectivity index is 1.77. The van der Waals surface area contributed by atoms with Gasteiger partial charge in [0.2, 0.25) is 0 Å². The molecule has 1 N–H and O–H groups in total. The summed E-state index contributed by atoms with van der Waals surface area (Å²) in [5, 5.41) is 12.4. The first-order chi connectivity index (χ1) is 9.69. The topological polar surface area (TPSA) is 40.8 Å². The molecule has 0 aliphatic carbocycles. The van der Waals surface area contributed by atoms with Gasteiger partial charge in [0.15, 0.2) is 0 Å². The van der Waals surface area contributed by atoms with Crippen molar-refractivity contribution in [3.63, 3.8) is 0 Å². The first-order valence-electron chi connectivity index (χ1n) is 7.01. The van der Waals surface area contributed by atoms with Crippen LogP contribution in [0.5, 0.6) is 0 Å². The summed E-state index contributed by atoms with van der Waals surface area (Å²) in [6.45, 7) is 3.02. The molecule has 0 aliphatic rings. The highest BCUT2D eigenvalue weighted by atomic mass is 14.9. The van der Waals surface area contributed by atoms with Crippen LogP contribution >= 0.6 is 0 Å². The van der Waals surface area contributed by atoms with Gasteiger partial charge < -0.3 is 9.88 Å². The Bertz CT molecular complexity index is 578. The molecule has 0 saturated heterocycles. The Kier molecular flexibility index (Phi) is 4.97. The Hall–Kier alpha value is -2.05. The molecule has 0 saturated carbocycles. The van der Waals surface area contributed by atoms with Crippen molar-refractivity contribution in [2.45, 2.75) is 32.4 Å². The standard InChI is InChI=1S/C17H21N3/c1-14(8-9-15-6-4-3-5-7-15)19-12-16-10-17(11-18)20(2)13-16/h3-7,10,13-14,19H,8-9,12H2,1-2H3. The van der Waals surface area contributed by atoms with Crippen molar-refractivity contribution in [2.75, 3.05) is 0 Å². The lowest BCUT2D eigenvalue weighted by molar-refractivity contribution is 0.514. The quantitative estimate of drug-likeness (QED) is 0.874. The SMILES string of the molecule is CC(CCc1ccccc1)NCc1cc(C#N)n(C)c1. The second-order valence-electron chi connectivity index (χ2n) is 5.26. The van der Waals surface area contributed by atoms with Crippen LogP contribution in [0.25, 0.3) is 0 Å². The number of hydrogen-bond acceptors (Lipinski definition) is 2. The highest BCUT2D eigenvalue weighted by Gasteiger charge is 2.05. The average Bonchev–Trinajstić information content (AvgIpc) is 2.84. The number of nitrogens with one attached hydrogen (secondary N) is 1. The fourth-order valence-corrected chi connectivity index (χ4v) is 2.26. The number of aromatic nitrogens is 1. The Morgan fingerprint density at radius 2 is 2.00 bits per heavy atom. The molecule has 1 aromatic heterocycles. The molecule has 0 fully saturated rings. The van der Waals surface area contributed by atoms with E-state index in [1.54, 1.807) is 0 Å². The Morgan fingerprint density at radius 1 is 1.25 bits per heavy atom. The van der Waals surface area contributed by atoms with E-state index in [4.69, 9.17) is 5.26 Å². The van der Waals surface area contributed by atoms with Gasteiger partial charge in [-0.05, 0) is 37.0 Å². The van der Waals surface area contributed by atoms with Crippen molar-refractivity contribution in [3.8, 4) is 6.07 Å². The predicted octanol–water partition coefficient (Wildman–Crippen LogP) is 3.01. The molecule has 0 bridgehead atoms. The van der Waals surface area contributed by atoms with Gasteiger partial charge in [0, 0.05) is 25.8 Å². The summed E-state index contributed by atoms with van der Waals surface area (Å²) in [6, 6.07) is 15.1. The van der Waals surface area contributed by atoms with E-state index in [1.807, 2.05) is 29.9 Å². The van der Waals surface area contributed by atoms with Gasteiger partial charge in [-0.25, -0.2) is 0 Å². The maximum absolute atomic E-state index is 8.93. The second-order valence-corrected chi connectivity index (χ2v) is 5.26. The van der Waals surface area contributed by atoms with Gasteiger partial charge >= 0.3 is 0 Å². The van der Waals surface area contributed by atoms with Crippen LogP contribution in [0.15, 0.2) is 42.6 Å². The number of aryl methyl sites for hydroxylation is 2. The van der Waals surface area contributed by atoms with Gasteiger partial charge in [0.1, 0.15) is 11.8 Å². The molecule has 2 aromatic rings. The summed E-state index contributed by atoms with van der Waals surface area (Å²) in [5.41, 5.74) is 3.25. The van der Waals surface area contributed by atoms with Crippen LogP contribution in [-0.4, -0.2) is 10.6 Å². The number of rotatable bonds is 6. The fraction of sp³-hybridized carbons (Fsp3) is 0.353. The first kappa shape index (κ1) is 14.4. The maximum atomic E-state index is 8.93. The largest absolute Gasteiger partial charge is 0.342 e. The Morgan fingerprint density at radius 3 is 2.65 bits per heavy atom. The van der Waals surface area contributed by atoms with Gasteiger partial charge in [-0.15, -0.1) is 0 Å². The zero-order valence-corrected chi connectivity index (χ0v) is 12.1. The minimum atomic E-state index is 0.459. The number of nitrogens with zero attached hydrogens (tertiary/aromatic N) is 2. The number of hydrogen-bond donors (Lipinski definition) is 1. The molecular formula is C17H21N3. The van der Waals surface area contributed by atoms with E-state index >= 15 is 0 Å². The third-order valence-corrected chi connectivity index (χ3v) is 3.54. The van der Waals surface area contributed by atoms with E-state index in [0.29, 0.717) is 11.7 Å². The summed E-state index contributed by atoms with van der Waals surface area (Å²) in [7, 11) is 1.90. The smallest absolute Gasteiger partial charge is 0.120 e. The predicted molar refractivity (Wildman–Crippen MR) is 81.2 cm³/mol. The summed E-state index contributed by atoms with van der Waals surface area (Å²) < 4.78 is 1.87. The highest BCUT2D eigenvalue weighted by Crippen LogP contribution is 2.08. The molecular weight excluding hydrogens is 246 g/mol. The molecule has 0 radical (unpaired) electrons. The van der Waals surface area contributed by atoms with Crippen molar-refractivity contribution in [3.05, 3.63) is 59.4 Å². The molecule has 3 heteroatoms. The van der Waals surface area contributed by atoms with Crippen molar-refractivity contribution >= 4 is 0 Å². The molecule has 104 valence electrons. The van der Waals surface area contributed by atoms with Crippen LogP contribution < -0.4 is 5.32 Å². The van der Waals surface area contributed by atoms with Gasteiger partial charge in [0.25, 0.3) is 0 Å². The van der Waals surface area contributed by atoms with E-state index in [9.17, 15) is 0 Å². The van der Waals surface area contributed by atoms with Gasteiger partial charge in [-0.1, -0.05) is 30.3 Å². The lowest BCUT2D eigenvalue weighted by Gasteiger charge is -2.13. The van der Waals surface area contributed by atoms with Gasteiger partial charge in [-0.3, -0.25) is 0 Å². The Labute approximate surface area is 120 Å². The fourth-order valence-electron chi connectivity index (χ4n) is 2.26. The molecule has 1 atom stereocenters. The molecule has 20 heavy (non-hydrogen) atoms. The van der Waals surface area contributed by atoms with E-state index in [2.05, 4.69) is 42.6 Å². The van der Waals surface area contributed by atoms with Gasteiger partial charge in [0.05, 0.1) is 0 Å². The summed E-state index contributed by atoms with van der Waals surface area (Å²) in [6.07, 6.45) is 4.21. The van der Waals surface area contributed by atoms with E-state index < -0.39 is 0 Å². The van der Waals surface area contributed by atoms with Crippen LogP contribution in [0.2, 0.25) is 0 Å². The minimum absolute atomic E-state index is 0.459. The minimum Gasteiger partial charge on any atom is -0.342 e. The van der Waals surface area contributed by atoms with Crippen LogP contribution in [0, 0.1) is 11.3 Å². The van der Waals surface area contributed by atoms with E-state index in [0.717, 1.165) is 24.9 Å². The lowest BCUT2D eigenvalue weighted by atomic mass is 10.1. The molecule has 0 aliphatic heterocycles. The zero-order valence-electron chi connectivity index (χ0n) is 12.1. The lowest BCUT2D eigenvalue weighted by Crippen LogP contribution is -2.25. The van der Waals surface area contributed by atoms with Crippen molar-refractivity contribution in [1.82, 2.24) is 9.88 Å². The van der Waals surface area contributed by atoms with Crippen molar-refractivity contribution in [2.24, 2.45) is 7.05 Å².